The van der Waals surface area contributed by atoms with Gasteiger partial charge in [0.2, 0.25) is 0 Å². The van der Waals surface area contributed by atoms with Gasteiger partial charge in [0.05, 0.1) is 24.2 Å². The SMILES string of the molecule is NC1CC(N2Cc3cn(SC4CCOC4)nc3C2)CO[C@@H]1c1cc(F)ccc1F. The molecule has 2 N–H and O–H groups in total. The van der Waals surface area contributed by atoms with E-state index in [-0.39, 0.29) is 11.6 Å². The van der Waals surface area contributed by atoms with E-state index in [0.29, 0.717) is 18.3 Å². The van der Waals surface area contributed by atoms with Gasteiger partial charge in [0.1, 0.15) is 17.7 Å². The van der Waals surface area contributed by atoms with Gasteiger partial charge in [0.25, 0.3) is 0 Å². The van der Waals surface area contributed by atoms with Crippen LogP contribution < -0.4 is 5.73 Å². The number of ether oxygens (including phenoxy) is 2. The summed E-state index contributed by atoms with van der Waals surface area (Å²) in [4.78, 5) is 2.31. The van der Waals surface area contributed by atoms with Crippen molar-refractivity contribution in [2.24, 2.45) is 5.73 Å². The molecule has 156 valence electrons. The molecule has 4 heterocycles. The van der Waals surface area contributed by atoms with Crippen LogP contribution >= 0.6 is 11.9 Å². The van der Waals surface area contributed by atoms with Gasteiger partial charge in [0, 0.05) is 49.1 Å². The highest BCUT2D eigenvalue weighted by molar-refractivity contribution is 7.98. The van der Waals surface area contributed by atoms with Crippen molar-refractivity contribution in [1.29, 1.82) is 0 Å². The molecule has 0 aliphatic carbocycles. The molecule has 2 aromatic rings. The van der Waals surface area contributed by atoms with E-state index >= 15 is 0 Å². The molecule has 3 unspecified atom stereocenters. The number of nitrogens with two attached hydrogens (primary N) is 1. The van der Waals surface area contributed by atoms with Crippen LogP contribution in [0.1, 0.15) is 35.8 Å². The summed E-state index contributed by atoms with van der Waals surface area (Å²) in [6.07, 6.45) is 3.21. The maximum atomic E-state index is 14.1. The number of hydrogen-bond acceptors (Lipinski definition) is 6. The minimum atomic E-state index is -0.624. The van der Waals surface area contributed by atoms with Gasteiger partial charge in [-0.3, -0.25) is 4.90 Å². The second-order valence-electron chi connectivity index (χ2n) is 7.97. The molecule has 0 spiro atoms. The number of benzene rings is 1. The third-order valence-electron chi connectivity index (χ3n) is 5.91. The molecule has 5 rings (SSSR count). The van der Waals surface area contributed by atoms with E-state index in [1.807, 2.05) is 4.09 Å². The molecule has 1 aromatic heterocycles. The van der Waals surface area contributed by atoms with E-state index in [2.05, 4.69) is 11.1 Å². The van der Waals surface area contributed by atoms with Gasteiger partial charge in [-0.2, -0.15) is 5.10 Å². The van der Waals surface area contributed by atoms with Crippen LogP contribution in [0, 0.1) is 11.6 Å². The van der Waals surface area contributed by atoms with Crippen molar-refractivity contribution in [3.63, 3.8) is 0 Å². The van der Waals surface area contributed by atoms with Crippen LogP contribution in [0.3, 0.4) is 0 Å². The van der Waals surface area contributed by atoms with E-state index in [0.717, 1.165) is 50.6 Å². The van der Waals surface area contributed by atoms with Gasteiger partial charge in [-0.25, -0.2) is 12.9 Å². The summed E-state index contributed by atoms with van der Waals surface area (Å²) in [6.45, 7) is 3.61. The number of aromatic nitrogens is 2. The molecule has 0 saturated carbocycles. The van der Waals surface area contributed by atoms with E-state index in [1.165, 1.54) is 11.6 Å². The molecular weight excluding hydrogens is 398 g/mol. The van der Waals surface area contributed by atoms with E-state index < -0.39 is 23.8 Å². The molecule has 0 radical (unpaired) electrons. The zero-order valence-electron chi connectivity index (χ0n) is 16.0. The standard InChI is InChI=1S/C20H24F2N4O2S/c21-13-1-2-17(22)16(5-13)20-18(23)6-14(10-28-20)25-7-12-8-26(24-19(12)9-25)29-15-3-4-27-11-15/h1-2,5,8,14-15,18,20H,3-4,6-7,9-11,23H2/t14?,15?,18?,20-/m1/s1. The Morgan fingerprint density at radius 2 is 2.10 bits per heavy atom. The Morgan fingerprint density at radius 1 is 1.21 bits per heavy atom. The minimum absolute atomic E-state index is 0.136. The van der Waals surface area contributed by atoms with Crippen LogP contribution in [0.4, 0.5) is 8.78 Å². The maximum Gasteiger partial charge on any atom is 0.129 e. The van der Waals surface area contributed by atoms with Gasteiger partial charge in [-0.05, 0) is 43.0 Å². The molecule has 6 nitrogen and oxygen atoms in total. The van der Waals surface area contributed by atoms with Crippen molar-refractivity contribution < 1.29 is 18.3 Å². The third-order valence-corrected chi connectivity index (χ3v) is 6.98. The first kappa shape index (κ1) is 19.4. The fraction of sp³-hybridized carbons (Fsp3) is 0.550. The lowest BCUT2D eigenvalue weighted by Crippen LogP contribution is -2.47. The highest BCUT2D eigenvalue weighted by Crippen LogP contribution is 2.34. The third kappa shape index (κ3) is 3.94. The first-order chi connectivity index (χ1) is 14.1. The van der Waals surface area contributed by atoms with Crippen LogP contribution in [-0.2, 0) is 22.6 Å². The van der Waals surface area contributed by atoms with E-state index in [4.69, 9.17) is 20.3 Å². The lowest BCUT2D eigenvalue weighted by molar-refractivity contribution is -0.0533. The molecule has 4 atom stereocenters. The van der Waals surface area contributed by atoms with Crippen molar-refractivity contribution >= 4 is 11.9 Å². The lowest BCUT2D eigenvalue weighted by atomic mass is 9.93. The molecule has 1 aromatic carbocycles. The van der Waals surface area contributed by atoms with Crippen molar-refractivity contribution in [2.45, 2.75) is 49.4 Å². The first-order valence-electron chi connectivity index (χ1n) is 9.95. The van der Waals surface area contributed by atoms with Gasteiger partial charge >= 0.3 is 0 Å². The maximum absolute atomic E-state index is 14.1. The topological polar surface area (TPSA) is 65.5 Å². The molecule has 2 saturated heterocycles. The summed E-state index contributed by atoms with van der Waals surface area (Å²) in [5.41, 5.74) is 8.82. The average molecular weight is 423 g/mol. The fourth-order valence-corrected chi connectivity index (χ4v) is 5.36. The predicted octanol–water partition coefficient (Wildman–Crippen LogP) is 2.62. The van der Waals surface area contributed by atoms with Gasteiger partial charge < -0.3 is 15.2 Å². The molecular formula is C20H24F2N4O2S. The van der Waals surface area contributed by atoms with Crippen molar-refractivity contribution in [1.82, 2.24) is 14.1 Å². The van der Waals surface area contributed by atoms with Gasteiger partial charge in [-0.15, -0.1) is 0 Å². The largest absolute Gasteiger partial charge is 0.380 e. The second kappa shape index (κ2) is 7.96. The Hall–Kier alpha value is -1.52. The van der Waals surface area contributed by atoms with Crippen LogP contribution in [0.25, 0.3) is 0 Å². The molecule has 9 heteroatoms. The van der Waals surface area contributed by atoms with Crippen molar-refractivity contribution in [2.75, 3.05) is 19.8 Å². The Balaban J connectivity index is 1.20. The van der Waals surface area contributed by atoms with E-state index in [9.17, 15) is 8.78 Å². The quantitative estimate of drug-likeness (QED) is 0.817. The highest BCUT2D eigenvalue weighted by atomic mass is 32.2. The number of hydrogen-bond donors (Lipinski definition) is 1. The van der Waals surface area contributed by atoms with Crippen molar-refractivity contribution in [3.05, 3.63) is 52.9 Å². The first-order valence-corrected chi connectivity index (χ1v) is 10.8. The highest BCUT2D eigenvalue weighted by Gasteiger charge is 2.37. The Bertz CT molecular complexity index is 866. The van der Waals surface area contributed by atoms with Crippen LogP contribution in [0.5, 0.6) is 0 Å². The number of rotatable bonds is 4. The predicted molar refractivity (Wildman–Crippen MR) is 105 cm³/mol. The van der Waals surface area contributed by atoms with Crippen LogP contribution in [0.2, 0.25) is 0 Å². The monoisotopic (exact) mass is 422 g/mol. The van der Waals surface area contributed by atoms with Crippen LogP contribution in [-0.4, -0.2) is 51.2 Å². The minimum Gasteiger partial charge on any atom is -0.380 e. The van der Waals surface area contributed by atoms with Gasteiger partial charge in [0.15, 0.2) is 0 Å². The molecule has 0 bridgehead atoms. The summed E-state index contributed by atoms with van der Waals surface area (Å²) in [5, 5.41) is 5.19. The van der Waals surface area contributed by atoms with Gasteiger partial charge in [-0.1, -0.05) is 0 Å². The molecule has 2 fully saturated rings. The number of nitrogens with zero attached hydrogens (tertiary/aromatic N) is 3. The molecule has 3 aliphatic heterocycles. The zero-order valence-corrected chi connectivity index (χ0v) is 16.8. The fourth-order valence-electron chi connectivity index (χ4n) is 4.36. The van der Waals surface area contributed by atoms with Crippen LogP contribution in [0.15, 0.2) is 24.4 Å². The molecule has 0 amide bonds. The molecule has 3 aliphatic rings. The number of fused-ring (bicyclic) bond motifs is 1. The molecule has 29 heavy (non-hydrogen) atoms. The average Bonchev–Trinajstić information content (AvgIpc) is 3.41. The summed E-state index contributed by atoms with van der Waals surface area (Å²) in [5.74, 6) is -0.964. The summed E-state index contributed by atoms with van der Waals surface area (Å²) in [7, 11) is 0. The smallest absolute Gasteiger partial charge is 0.129 e. The lowest BCUT2D eigenvalue weighted by Gasteiger charge is -2.38. The van der Waals surface area contributed by atoms with Crippen molar-refractivity contribution in [3.8, 4) is 0 Å². The summed E-state index contributed by atoms with van der Waals surface area (Å²) < 4.78 is 41.0. The Morgan fingerprint density at radius 3 is 2.86 bits per heavy atom. The normalized spacial score (nSPS) is 30.0. The summed E-state index contributed by atoms with van der Waals surface area (Å²) in [6, 6.07) is 3.16. The Kier molecular flexibility index (Phi) is 5.34. The summed E-state index contributed by atoms with van der Waals surface area (Å²) >= 11 is 1.72. The number of halogens is 2. The second-order valence-corrected chi connectivity index (χ2v) is 9.22. The van der Waals surface area contributed by atoms with E-state index in [1.54, 1.807) is 11.9 Å². The Labute approximate surface area is 172 Å². The zero-order chi connectivity index (χ0) is 20.0.